The standard InChI is InChI=1S/C25H25BrF2N6O/c1-13-22-19(24(27)28)10-20(17-7-8-17)30-25(22)34(31-13)12-21(35)29-18-6-4-5-16(9-18)11-33-15(3)23(26)14(2)32-33/h4-6,9-10,17,24H,7-8,11-12H2,1-3H3,(H,29,35). The van der Waals surface area contributed by atoms with Gasteiger partial charge in [0.15, 0.2) is 5.65 Å². The van der Waals surface area contributed by atoms with Crippen molar-refractivity contribution in [2.24, 2.45) is 0 Å². The molecule has 1 aliphatic carbocycles. The van der Waals surface area contributed by atoms with E-state index in [9.17, 15) is 13.6 Å². The van der Waals surface area contributed by atoms with Crippen molar-refractivity contribution < 1.29 is 13.6 Å². The molecule has 10 heteroatoms. The van der Waals surface area contributed by atoms with Crippen molar-refractivity contribution in [2.75, 3.05) is 5.32 Å². The molecule has 35 heavy (non-hydrogen) atoms. The zero-order valence-electron chi connectivity index (χ0n) is 19.6. The van der Waals surface area contributed by atoms with Crippen LogP contribution in [0, 0.1) is 20.8 Å². The molecule has 0 spiro atoms. The first-order valence-electron chi connectivity index (χ1n) is 11.5. The maximum Gasteiger partial charge on any atom is 0.264 e. The largest absolute Gasteiger partial charge is 0.324 e. The molecule has 3 heterocycles. The molecule has 4 aromatic rings. The number of aromatic nitrogens is 5. The van der Waals surface area contributed by atoms with Crippen LogP contribution in [0.4, 0.5) is 14.5 Å². The summed E-state index contributed by atoms with van der Waals surface area (Å²) in [6.45, 7) is 6.05. The van der Waals surface area contributed by atoms with Gasteiger partial charge in [-0.2, -0.15) is 10.2 Å². The van der Waals surface area contributed by atoms with Crippen LogP contribution in [0.3, 0.4) is 0 Å². The van der Waals surface area contributed by atoms with Gasteiger partial charge in [-0.15, -0.1) is 0 Å². The quantitative estimate of drug-likeness (QED) is 0.319. The number of aryl methyl sites for hydroxylation is 2. The molecule has 1 fully saturated rings. The van der Waals surface area contributed by atoms with E-state index in [0.29, 0.717) is 34.7 Å². The summed E-state index contributed by atoms with van der Waals surface area (Å²) in [5.41, 5.74) is 4.93. The average molecular weight is 543 g/mol. The van der Waals surface area contributed by atoms with Crippen LogP contribution < -0.4 is 5.32 Å². The molecule has 5 rings (SSSR count). The van der Waals surface area contributed by atoms with Gasteiger partial charge in [-0.05, 0) is 73.3 Å². The van der Waals surface area contributed by atoms with E-state index in [1.807, 2.05) is 42.8 Å². The topological polar surface area (TPSA) is 77.6 Å². The van der Waals surface area contributed by atoms with E-state index < -0.39 is 6.43 Å². The molecule has 0 aliphatic heterocycles. The summed E-state index contributed by atoms with van der Waals surface area (Å²) < 4.78 is 31.9. The van der Waals surface area contributed by atoms with E-state index in [2.05, 4.69) is 36.4 Å². The van der Waals surface area contributed by atoms with Gasteiger partial charge in [-0.25, -0.2) is 18.4 Å². The van der Waals surface area contributed by atoms with E-state index in [1.54, 1.807) is 6.92 Å². The lowest BCUT2D eigenvalue weighted by atomic mass is 10.1. The predicted molar refractivity (Wildman–Crippen MR) is 133 cm³/mol. The van der Waals surface area contributed by atoms with Crippen molar-refractivity contribution in [3.63, 3.8) is 0 Å². The van der Waals surface area contributed by atoms with E-state index in [4.69, 9.17) is 0 Å². The van der Waals surface area contributed by atoms with Gasteiger partial charge in [0.05, 0.1) is 33.5 Å². The second-order valence-corrected chi connectivity index (χ2v) is 9.84. The van der Waals surface area contributed by atoms with E-state index in [-0.39, 0.29) is 23.9 Å². The van der Waals surface area contributed by atoms with E-state index in [1.165, 1.54) is 10.7 Å². The van der Waals surface area contributed by atoms with Crippen LogP contribution in [0.5, 0.6) is 0 Å². The molecular formula is C25H25BrF2N6O. The molecule has 0 radical (unpaired) electrons. The van der Waals surface area contributed by atoms with Gasteiger partial charge in [0.25, 0.3) is 6.43 Å². The first-order chi connectivity index (χ1) is 16.7. The van der Waals surface area contributed by atoms with Gasteiger partial charge in [0, 0.05) is 22.9 Å². The van der Waals surface area contributed by atoms with Crippen molar-refractivity contribution in [1.82, 2.24) is 24.5 Å². The molecule has 3 aromatic heterocycles. The third-order valence-corrected chi connectivity index (χ3v) is 7.44. The highest BCUT2D eigenvalue weighted by Gasteiger charge is 2.29. The maximum absolute atomic E-state index is 13.8. The Bertz CT molecular complexity index is 1440. The number of alkyl halides is 2. The number of hydrogen-bond donors (Lipinski definition) is 1. The predicted octanol–water partition coefficient (Wildman–Crippen LogP) is 5.82. The van der Waals surface area contributed by atoms with Gasteiger partial charge in [-0.1, -0.05) is 12.1 Å². The summed E-state index contributed by atoms with van der Waals surface area (Å²) in [6, 6.07) is 9.05. The van der Waals surface area contributed by atoms with Crippen molar-refractivity contribution in [1.29, 1.82) is 0 Å². The number of nitrogens with zero attached hydrogens (tertiary/aromatic N) is 5. The molecule has 1 aromatic carbocycles. The summed E-state index contributed by atoms with van der Waals surface area (Å²) in [7, 11) is 0. The van der Waals surface area contributed by atoms with Gasteiger partial charge < -0.3 is 5.32 Å². The Kier molecular flexibility index (Phi) is 6.16. The molecule has 182 valence electrons. The van der Waals surface area contributed by atoms with Crippen LogP contribution in [-0.4, -0.2) is 30.5 Å². The minimum Gasteiger partial charge on any atom is -0.324 e. The number of benzene rings is 1. The third-order valence-electron chi connectivity index (χ3n) is 6.29. The lowest BCUT2D eigenvalue weighted by Gasteiger charge is -2.10. The minimum absolute atomic E-state index is 0.0652. The van der Waals surface area contributed by atoms with Gasteiger partial charge in [0.2, 0.25) is 5.91 Å². The number of amides is 1. The fourth-order valence-electron chi connectivity index (χ4n) is 4.36. The Labute approximate surface area is 209 Å². The number of halogens is 3. The highest BCUT2D eigenvalue weighted by molar-refractivity contribution is 9.10. The molecule has 0 bridgehead atoms. The Morgan fingerprint density at radius 1 is 1.14 bits per heavy atom. The van der Waals surface area contributed by atoms with Crippen molar-refractivity contribution in [2.45, 2.75) is 59.0 Å². The summed E-state index contributed by atoms with van der Waals surface area (Å²) in [6.07, 6.45) is -0.742. The minimum atomic E-state index is -2.63. The highest BCUT2D eigenvalue weighted by atomic mass is 79.9. The number of carbonyl (C=O) groups is 1. The van der Waals surface area contributed by atoms with E-state index in [0.717, 1.165) is 34.3 Å². The summed E-state index contributed by atoms with van der Waals surface area (Å²) in [5, 5.41) is 12.1. The molecule has 0 unspecified atom stereocenters. The molecule has 1 saturated carbocycles. The molecule has 1 N–H and O–H groups in total. The molecule has 7 nitrogen and oxygen atoms in total. The van der Waals surface area contributed by atoms with Gasteiger partial charge in [-0.3, -0.25) is 9.48 Å². The number of anilines is 1. The highest BCUT2D eigenvalue weighted by Crippen LogP contribution is 2.41. The number of nitrogens with one attached hydrogen (secondary N) is 1. The van der Waals surface area contributed by atoms with Crippen LogP contribution >= 0.6 is 15.9 Å². The van der Waals surface area contributed by atoms with Crippen LogP contribution in [0.1, 0.15) is 59.1 Å². The second-order valence-electron chi connectivity index (χ2n) is 9.04. The number of hydrogen-bond acceptors (Lipinski definition) is 4. The smallest absolute Gasteiger partial charge is 0.264 e. The fraction of sp³-hybridized carbons (Fsp3) is 0.360. The number of rotatable bonds is 7. The Hall–Kier alpha value is -3.14. The van der Waals surface area contributed by atoms with Crippen molar-refractivity contribution in [3.05, 3.63) is 68.7 Å². The first kappa shape index (κ1) is 23.6. The third kappa shape index (κ3) is 4.71. The Balaban J connectivity index is 1.36. The normalized spacial score (nSPS) is 13.7. The summed E-state index contributed by atoms with van der Waals surface area (Å²) in [4.78, 5) is 17.5. The van der Waals surface area contributed by atoms with Crippen LogP contribution in [0.15, 0.2) is 34.8 Å². The second kappa shape index (κ2) is 9.14. The number of fused-ring (bicyclic) bond motifs is 1. The fourth-order valence-corrected chi connectivity index (χ4v) is 4.65. The number of carbonyl (C=O) groups excluding carboxylic acids is 1. The monoisotopic (exact) mass is 542 g/mol. The summed E-state index contributed by atoms with van der Waals surface area (Å²) in [5.74, 6) is -0.0995. The zero-order valence-corrected chi connectivity index (χ0v) is 21.2. The zero-order chi connectivity index (χ0) is 24.9. The molecule has 1 amide bonds. The lowest BCUT2D eigenvalue weighted by Crippen LogP contribution is -2.20. The molecule has 0 atom stereocenters. The van der Waals surface area contributed by atoms with Gasteiger partial charge in [0.1, 0.15) is 6.54 Å². The summed E-state index contributed by atoms with van der Waals surface area (Å²) >= 11 is 3.54. The SMILES string of the molecule is Cc1nn(Cc2cccc(NC(=O)Cn3nc(C)c4c(C(F)F)cc(C5CC5)nc43)c2)c(C)c1Br. The van der Waals surface area contributed by atoms with Gasteiger partial charge >= 0.3 is 0 Å². The van der Waals surface area contributed by atoms with E-state index >= 15 is 0 Å². The van der Waals surface area contributed by atoms with Crippen molar-refractivity contribution in [3.8, 4) is 0 Å². The Morgan fingerprint density at radius 3 is 2.54 bits per heavy atom. The Morgan fingerprint density at radius 2 is 1.89 bits per heavy atom. The number of pyridine rings is 1. The average Bonchev–Trinajstić information content (AvgIpc) is 3.58. The molecule has 0 saturated heterocycles. The molecule has 1 aliphatic rings. The van der Waals surface area contributed by atoms with Crippen LogP contribution in [0.25, 0.3) is 11.0 Å². The first-order valence-corrected chi connectivity index (χ1v) is 12.2. The molecular weight excluding hydrogens is 518 g/mol. The maximum atomic E-state index is 13.8. The lowest BCUT2D eigenvalue weighted by molar-refractivity contribution is -0.116. The van der Waals surface area contributed by atoms with Crippen LogP contribution in [0.2, 0.25) is 0 Å². The van der Waals surface area contributed by atoms with Crippen molar-refractivity contribution >= 4 is 38.6 Å². The van der Waals surface area contributed by atoms with Crippen LogP contribution in [-0.2, 0) is 17.9 Å².